The van der Waals surface area contributed by atoms with Gasteiger partial charge >= 0.3 is 12.1 Å². The summed E-state index contributed by atoms with van der Waals surface area (Å²) in [5.41, 5.74) is 3.60. The van der Waals surface area contributed by atoms with Crippen molar-refractivity contribution in [2.75, 3.05) is 26.2 Å². The molecule has 0 radical (unpaired) electrons. The summed E-state index contributed by atoms with van der Waals surface area (Å²) < 4.78 is 5.42. The second-order valence-corrected chi connectivity index (χ2v) is 8.75. The number of amides is 2. The molecule has 0 spiro atoms. The van der Waals surface area contributed by atoms with Crippen LogP contribution < -0.4 is 5.32 Å². The number of carboxylic acids is 1. The van der Waals surface area contributed by atoms with Crippen molar-refractivity contribution < 1.29 is 29.3 Å². The van der Waals surface area contributed by atoms with Crippen molar-refractivity contribution in [3.63, 3.8) is 0 Å². The number of alkyl carbamates (subject to hydrolysis) is 1. The Bertz CT molecular complexity index is 1020. The number of fused-ring (bicyclic) bond motifs is 3. The number of aliphatic hydroxyl groups is 1. The van der Waals surface area contributed by atoms with Gasteiger partial charge in [0.05, 0.1) is 12.5 Å². The molecular formula is C25H28N2O6. The van der Waals surface area contributed by atoms with Gasteiger partial charge in [0.1, 0.15) is 12.0 Å². The molecule has 0 bridgehead atoms. The van der Waals surface area contributed by atoms with Gasteiger partial charge in [-0.1, -0.05) is 55.5 Å². The molecule has 1 aliphatic carbocycles. The zero-order chi connectivity index (χ0) is 23.6. The van der Waals surface area contributed by atoms with Crippen LogP contribution in [0.4, 0.5) is 4.79 Å². The van der Waals surface area contributed by atoms with E-state index in [1.54, 1.807) is 6.92 Å². The first kappa shape index (κ1) is 22.8. The zero-order valence-corrected chi connectivity index (χ0v) is 18.5. The third-order valence-corrected chi connectivity index (χ3v) is 6.71. The van der Waals surface area contributed by atoms with E-state index in [4.69, 9.17) is 4.74 Å². The summed E-state index contributed by atoms with van der Waals surface area (Å²) in [7, 11) is 0. The Labute approximate surface area is 192 Å². The van der Waals surface area contributed by atoms with Gasteiger partial charge in [-0.2, -0.15) is 0 Å². The molecule has 33 heavy (non-hydrogen) atoms. The van der Waals surface area contributed by atoms with Crippen LogP contribution in [0.15, 0.2) is 48.5 Å². The average Bonchev–Trinajstić information content (AvgIpc) is 3.09. The van der Waals surface area contributed by atoms with Crippen LogP contribution in [0.25, 0.3) is 11.1 Å². The van der Waals surface area contributed by atoms with E-state index < -0.39 is 23.6 Å². The Morgan fingerprint density at radius 3 is 2.21 bits per heavy atom. The van der Waals surface area contributed by atoms with E-state index in [1.807, 2.05) is 36.4 Å². The third-order valence-electron chi connectivity index (χ3n) is 6.71. The van der Waals surface area contributed by atoms with Gasteiger partial charge < -0.3 is 25.2 Å². The number of likely N-dealkylation sites (tertiary alicyclic amines) is 1. The number of ether oxygens (including phenoxy) is 1. The number of aliphatic hydroxyl groups excluding tert-OH is 1. The fourth-order valence-electron chi connectivity index (χ4n) is 4.62. The first-order valence-corrected chi connectivity index (χ1v) is 11.1. The number of carboxylic acid groups (broad SMARTS) is 1. The summed E-state index contributed by atoms with van der Waals surface area (Å²) in [5.74, 6) is -1.30. The van der Waals surface area contributed by atoms with Crippen LogP contribution in [0.3, 0.4) is 0 Å². The van der Waals surface area contributed by atoms with Crippen molar-refractivity contribution >= 4 is 18.0 Å². The molecule has 4 rings (SSSR count). The summed E-state index contributed by atoms with van der Waals surface area (Å²) in [4.78, 5) is 37.2. The Morgan fingerprint density at radius 2 is 1.67 bits per heavy atom. The summed E-state index contributed by atoms with van der Waals surface area (Å²) in [6, 6.07) is 16.1. The third kappa shape index (κ3) is 4.43. The van der Waals surface area contributed by atoms with E-state index in [-0.39, 0.29) is 44.5 Å². The maximum atomic E-state index is 12.3. The molecule has 1 saturated heterocycles. The summed E-state index contributed by atoms with van der Waals surface area (Å²) in [6.45, 7) is 2.10. The normalized spacial score (nSPS) is 16.8. The largest absolute Gasteiger partial charge is 0.481 e. The fourth-order valence-corrected chi connectivity index (χ4v) is 4.62. The minimum atomic E-state index is -1.08. The van der Waals surface area contributed by atoms with E-state index in [0.29, 0.717) is 6.42 Å². The van der Waals surface area contributed by atoms with Crippen LogP contribution in [0.2, 0.25) is 0 Å². The van der Waals surface area contributed by atoms with E-state index in [9.17, 15) is 24.6 Å². The van der Waals surface area contributed by atoms with Gasteiger partial charge in [-0.05, 0) is 28.7 Å². The van der Waals surface area contributed by atoms with Crippen LogP contribution in [0.5, 0.6) is 0 Å². The lowest BCUT2D eigenvalue weighted by Gasteiger charge is -2.47. The Morgan fingerprint density at radius 1 is 1.09 bits per heavy atom. The van der Waals surface area contributed by atoms with Crippen molar-refractivity contribution in [3.05, 3.63) is 59.7 Å². The smallest absolute Gasteiger partial charge is 0.407 e. The lowest BCUT2D eigenvalue weighted by molar-refractivity contribution is -0.167. The quantitative estimate of drug-likeness (QED) is 0.567. The second-order valence-electron chi connectivity index (χ2n) is 8.75. The number of benzene rings is 2. The molecular weight excluding hydrogens is 424 g/mol. The predicted molar refractivity (Wildman–Crippen MR) is 121 cm³/mol. The number of nitrogens with zero attached hydrogens (tertiary/aromatic N) is 1. The number of nitrogens with one attached hydrogen (secondary N) is 1. The Hall–Kier alpha value is -3.39. The number of aliphatic carboxylic acids is 1. The van der Waals surface area contributed by atoms with Gasteiger partial charge in [0.15, 0.2) is 0 Å². The highest BCUT2D eigenvalue weighted by atomic mass is 16.5. The molecule has 2 amide bonds. The maximum Gasteiger partial charge on any atom is 0.407 e. The van der Waals surface area contributed by atoms with E-state index in [2.05, 4.69) is 17.4 Å². The SMILES string of the molecule is CCC1(C(=O)O)CN(C(=O)CC(O)CNC(=O)OCC2c3ccccc3-c3ccccc32)C1. The van der Waals surface area contributed by atoms with E-state index >= 15 is 0 Å². The molecule has 8 nitrogen and oxygen atoms in total. The van der Waals surface area contributed by atoms with Crippen molar-refractivity contribution in [1.29, 1.82) is 0 Å². The lowest BCUT2D eigenvalue weighted by atomic mass is 9.77. The number of rotatable bonds is 8. The Balaban J connectivity index is 1.24. The highest BCUT2D eigenvalue weighted by Gasteiger charge is 2.49. The van der Waals surface area contributed by atoms with Crippen LogP contribution in [0, 0.1) is 5.41 Å². The first-order valence-electron chi connectivity index (χ1n) is 11.1. The predicted octanol–water partition coefficient (Wildman–Crippen LogP) is 2.60. The standard InChI is InChI=1S/C25H28N2O6/c1-2-25(23(30)31)14-27(15-25)22(29)11-16(28)12-26-24(32)33-13-21-19-9-5-3-7-17(19)18-8-4-6-10-20(18)21/h3-10,16,21,28H,2,11-15H2,1H3,(H,26,32)(H,30,31). The molecule has 1 heterocycles. The van der Waals surface area contributed by atoms with E-state index in [0.717, 1.165) is 22.3 Å². The molecule has 1 atom stereocenters. The number of hydrogen-bond donors (Lipinski definition) is 3. The topological polar surface area (TPSA) is 116 Å². The van der Waals surface area contributed by atoms with Crippen molar-refractivity contribution in [2.24, 2.45) is 5.41 Å². The Kier molecular flexibility index (Phi) is 6.37. The number of hydrogen-bond acceptors (Lipinski definition) is 5. The highest BCUT2D eigenvalue weighted by Crippen LogP contribution is 2.44. The van der Waals surface area contributed by atoms with Gasteiger partial charge in [0.2, 0.25) is 5.91 Å². The van der Waals surface area contributed by atoms with Gasteiger partial charge in [0.25, 0.3) is 0 Å². The van der Waals surface area contributed by atoms with Crippen LogP contribution in [-0.4, -0.2) is 65.4 Å². The fraction of sp³-hybridized carbons (Fsp3) is 0.400. The molecule has 174 valence electrons. The molecule has 8 heteroatoms. The van der Waals surface area contributed by atoms with Crippen LogP contribution in [0.1, 0.15) is 36.8 Å². The molecule has 3 N–H and O–H groups in total. The molecule has 0 aromatic heterocycles. The number of carbonyl (C=O) groups excluding carboxylic acids is 2. The molecule has 1 fully saturated rings. The van der Waals surface area contributed by atoms with Crippen LogP contribution >= 0.6 is 0 Å². The molecule has 0 saturated carbocycles. The zero-order valence-electron chi connectivity index (χ0n) is 18.5. The molecule has 2 aromatic carbocycles. The lowest BCUT2D eigenvalue weighted by Crippen LogP contribution is -2.62. The maximum absolute atomic E-state index is 12.3. The molecule has 2 aromatic rings. The van der Waals surface area contributed by atoms with Crippen molar-refractivity contribution in [1.82, 2.24) is 10.2 Å². The monoisotopic (exact) mass is 452 g/mol. The molecule has 2 aliphatic rings. The summed E-state index contributed by atoms with van der Waals surface area (Å²) >= 11 is 0. The van der Waals surface area contributed by atoms with Gasteiger partial charge in [-0.25, -0.2) is 4.79 Å². The second kappa shape index (κ2) is 9.23. The molecule has 1 unspecified atom stereocenters. The van der Waals surface area contributed by atoms with Gasteiger partial charge in [0, 0.05) is 25.6 Å². The van der Waals surface area contributed by atoms with Crippen molar-refractivity contribution in [2.45, 2.75) is 31.8 Å². The molecule has 1 aliphatic heterocycles. The van der Waals surface area contributed by atoms with Gasteiger partial charge in [-0.3, -0.25) is 9.59 Å². The van der Waals surface area contributed by atoms with Crippen LogP contribution in [-0.2, 0) is 14.3 Å². The first-order chi connectivity index (χ1) is 15.8. The highest BCUT2D eigenvalue weighted by molar-refractivity contribution is 5.83. The number of carbonyl (C=O) groups is 3. The van der Waals surface area contributed by atoms with Gasteiger partial charge in [-0.15, -0.1) is 0 Å². The minimum absolute atomic E-state index is 0.0610. The van der Waals surface area contributed by atoms with E-state index in [1.165, 1.54) is 4.90 Å². The average molecular weight is 453 g/mol. The minimum Gasteiger partial charge on any atom is -0.481 e. The van der Waals surface area contributed by atoms with Crippen molar-refractivity contribution in [3.8, 4) is 11.1 Å². The summed E-state index contributed by atoms with van der Waals surface area (Å²) in [5, 5.41) is 21.9. The summed E-state index contributed by atoms with van der Waals surface area (Å²) in [6.07, 6.45) is -1.50.